The molecule has 2 aliphatic rings. The van der Waals surface area contributed by atoms with E-state index in [4.69, 9.17) is 4.52 Å². The van der Waals surface area contributed by atoms with Crippen LogP contribution in [0.5, 0.6) is 0 Å². The summed E-state index contributed by atoms with van der Waals surface area (Å²) in [4.78, 5) is 5.12. The van der Waals surface area contributed by atoms with Gasteiger partial charge in [-0.25, -0.2) is 0 Å². The summed E-state index contributed by atoms with van der Waals surface area (Å²) in [6.45, 7) is 7.58. The van der Waals surface area contributed by atoms with Crippen molar-refractivity contribution < 1.29 is 4.52 Å². The summed E-state index contributed by atoms with van der Waals surface area (Å²) in [6, 6.07) is 3.66. The van der Waals surface area contributed by atoms with Gasteiger partial charge in [0.2, 0.25) is 0 Å². The Hall–Kier alpha value is -0.870. The Labute approximate surface area is 115 Å². The molecule has 0 N–H and O–H groups in total. The Balaban J connectivity index is 1.63. The molecule has 2 atom stereocenters. The Kier molecular flexibility index (Phi) is 3.63. The fraction of sp³-hybridized carbons (Fsp3) is 0.800. The van der Waals surface area contributed by atoms with Gasteiger partial charge in [-0.1, -0.05) is 19.0 Å². The number of likely N-dealkylation sites (tertiary alicyclic amines) is 1. The second-order valence-electron chi connectivity index (χ2n) is 6.45. The number of nitrogens with zero attached hydrogens (tertiary/aromatic N) is 3. The van der Waals surface area contributed by atoms with Gasteiger partial charge in [-0.2, -0.15) is 0 Å². The molecule has 0 amide bonds. The van der Waals surface area contributed by atoms with Crippen LogP contribution in [0.2, 0.25) is 0 Å². The van der Waals surface area contributed by atoms with Crippen LogP contribution in [-0.4, -0.2) is 47.2 Å². The average Bonchev–Trinajstić information content (AvgIpc) is 2.89. The number of rotatable bonds is 3. The zero-order valence-corrected chi connectivity index (χ0v) is 12.3. The standard InChI is InChI=1S/C15H25N3O/c1-11(2)15-8-14(19-16-15)10-18-7-6-12-4-5-13(9-18)17(12)3/h8,11-13H,4-7,9-10H2,1-3H3/t12-,13+/m0/s1. The largest absolute Gasteiger partial charge is 0.360 e. The first-order chi connectivity index (χ1) is 9.13. The van der Waals surface area contributed by atoms with Crippen LogP contribution in [0.3, 0.4) is 0 Å². The molecule has 106 valence electrons. The van der Waals surface area contributed by atoms with Crippen LogP contribution in [0.1, 0.15) is 50.5 Å². The maximum atomic E-state index is 5.47. The molecule has 2 aliphatic heterocycles. The van der Waals surface area contributed by atoms with E-state index >= 15 is 0 Å². The van der Waals surface area contributed by atoms with Gasteiger partial charge in [0, 0.05) is 31.2 Å². The topological polar surface area (TPSA) is 32.5 Å². The van der Waals surface area contributed by atoms with E-state index in [1.165, 1.54) is 32.4 Å². The number of hydrogen-bond acceptors (Lipinski definition) is 4. The highest BCUT2D eigenvalue weighted by atomic mass is 16.5. The van der Waals surface area contributed by atoms with Crippen molar-refractivity contribution in [2.45, 2.75) is 57.7 Å². The molecule has 0 unspecified atom stereocenters. The molecule has 1 aromatic heterocycles. The van der Waals surface area contributed by atoms with E-state index < -0.39 is 0 Å². The number of aromatic nitrogens is 1. The lowest BCUT2D eigenvalue weighted by atomic mass is 10.1. The molecule has 4 nitrogen and oxygen atoms in total. The first-order valence-corrected chi connectivity index (χ1v) is 7.53. The fourth-order valence-electron chi connectivity index (χ4n) is 3.42. The molecule has 0 spiro atoms. The predicted molar refractivity (Wildman–Crippen MR) is 75.1 cm³/mol. The minimum atomic E-state index is 0.448. The molecule has 0 aliphatic carbocycles. The Morgan fingerprint density at radius 2 is 2.11 bits per heavy atom. The Morgan fingerprint density at radius 3 is 2.84 bits per heavy atom. The summed E-state index contributed by atoms with van der Waals surface area (Å²) in [5, 5.41) is 4.16. The Morgan fingerprint density at radius 1 is 1.32 bits per heavy atom. The number of fused-ring (bicyclic) bond motifs is 2. The van der Waals surface area contributed by atoms with Crippen LogP contribution < -0.4 is 0 Å². The first kappa shape index (κ1) is 13.1. The van der Waals surface area contributed by atoms with E-state index in [0.29, 0.717) is 5.92 Å². The van der Waals surface area contributed by atoms with E-state index in [-0.39, 0.29) is 0 Å². The van der Waals surface area contributed by atoms with Gasteiger partial charge < -0.3 is 4.52 Å². The lowest BCUT2D eigenvalue weighted by molar-refractivity contribution is 0.198. The van der Waals surface area contributed by atoms with Gasteiger partial charge in [0.1, 0.15) is 0 Å². The van der Waals surface area contributed by atoms with Gasteiger partial charge in [-0.3, -0.25) is 9.80 Å². The Bertz CT molecular complexity index is 429. The quantitative estimate of drug-likeness (QED) is 0.838. The second kappa shape index (κ2) is 5.25. The third-order valence-electron chi connectivity index (χ3n) is 4.78. The molecule has 2 saturated heterocycles. The fourth-order valence-corrected chi connectivity index (χ4v) is 3.42. The van der Waals surface area contributed by atoms with E-state index in [0.717, 1.165) is 30.1 Å². The molecule has 3 rings (SSSR count). The molecule has 2 bridgehead atoms. The lowest BCUT2D eigenvalue weighted by Gasteiger charge is -2.24. The van der Waals surface area contributed by atoms with Crippen LogP contribution in [-0.2, 0) is 6.54 Å². The van der Waals surface area contributed by atoms with Crippen molar-refractivity contribution in [2.24, 2.45) is 0 Å². The summed E-state index contributed by atoms with van der Waals surface area (Å²) in [6.07, 6.45) is 4.03. The molecule has 0 radical (unpaired) electrons. The highest BCUT2D eigenvalue weighted by Crippen LogP contribution is 2.29. The van der Waals surface area contributed by atoms with Crippen LogP contribution in [0, 0.1) is 0 Å². The molecule has 4 heteroatoms. The summed E-state index contributed by atoms with van der Waals surface area (Å²) in [5.74, 6) is 1.47. The van der Waals surface area contributed by atoms with Crippen molar-refractivity contribution in [2.75, 3.05) is 20.1 Å². The van der Waals surface area contributed by atoms with Gasteiger partial charge >= 0.3 is 0 Å². The van der Waals surface area contributed by atoms with Crippen molar-refractivity contribution >= 4 is 0 Å². The van der Waals surface area contributed by atoms with E-state index in [1.54, 1.807) is 0 Å². The minimum Gasteiger partial charge on any atom is -0.360 e. The SMILES string of the molecule is CC(C)c1cc(CN2CC[C@@H]3CC[C@H](C2)N3C)on1. The molecular formula is C15H25N3O. The third kappa shape index (κ3) is 2.70. The maximum Gasteiger partial charge on any atom is 0.150 e. The van der Waals surface area contributed by atoms with Crippen molar-refractivity contribution in [3.63, 3.8) is 0 Å². The summed E-state index contributed by atoms with van der Waals surface area (Å²) in [5.41, 5.74) is 1.07. The van der Waals surface area contributed by atoms with Gasteiger partial charge in [-0.15, -0.1) is 0 Å². The van der Waals surface area contributed by atoms with E-state index in [1.807, 2.05) is 0 Å². The summed E-state index contributed by atoms with van der Waals surface area (Å²) < 4.78 is 5.47. The highest BCUT2D eigenvalue weighted by Gasteiger charge is 2.34. The van der Waals surface area contributed by atoms with Crippen LogP contribution in [0.25, 0.3) is 0 Å². The summed E-state index contributed by atoms with van der Waals surface area (Å²) >= 11 is 0. The van der Waals surface area contributed by atoms with Crippen LogP contribution in [0.4, 0.5) is 0 Å². The molecular weight excluding hydrogens is 238 g/mol. The van der Waals surface area contributed by atoms with Crippen LogP contribution in [0.15, 0.2) is 10.6 Å². The third-order valence-corrected chi connectivity index (χ3v) is 4.78. The van der Waals surface area contributed by atoms with Crippen LogP contribution >= 0.6 is 0 Å². The van der Waals surface area contributed by atoms with Gasteiger partial charge in [0.15, 0.2) is 5.76 Å². The second-order valence-corrected chi connectivity index (χ2v) is 6.45. The average molecular weight is 263 g/mol. The molecule has 0 saturated carbocycles. The normalized spacial score (nSPS) is 29.1. The zero-order valence-electron chi connectivity index (χ0n) is 12.3. The van der Waals surface area contributed by atoms with Gasteiger partial charge in [0.25, 0.3) is 0 Å². The van der Waals surface area contributed by atoms with Crippen molar-refractivity contribution in [1.29, 1.82) is 0 Å². The molecule has 0 aromatic carbocycles. The van der Waals surface area contributed by atoms with Crippen molar-refractivity contribution in [1.82, 2.24) is 15.0 Å². The lowest BCUT2D eigenvalue weighted by Crippen LogP contribution is -2.36. The monoisotopic (exact) mass is 263 g/mol. The zero-order chi connectivity index (χ0) is 13.4. The summed E-state index contributed by atoms with van der Waals surface area (Å²) in [7, 11) is 2.29. The minimum absolute atomic E-state index is 0.448. The maximum absolute atomic E-state index is 5.47. The smallest absolute Gasteiger partial charge is 0.150 e. The highest BCUT2D eigenvalue weighted by molar-refractivity contribution is 5.09. The van der Waals surface area contributed by atoms with E-state index in [2.05, 4.69) is 41.9 Å². The number of hydrogen-bond donors (Lipinski definition) is 0. The van der Waals surface area contributed by atoms with Crippen molar-refractivity contribution in [3.05, 3.63) is 17.5 Å². The molecule has 1 aromatic rings. The van der Waals surface area contributed by atoms with Crippen molar-refractivity contribution in [3.8, 4) is 0 Å². The van der Waals surface area contributed by atoms with Gasteiger partial charge in [-0.05, 0) is 32.2 Å². The molecule has 2 fully saturated rings. The molecule has 19 heavy (non-hydrogen) atoms. The van der Waals surface area contributed by atoms with E-state index in [9.17, 15) is 0 Å². The predicted octanol–water partition coefficient (Wildman–Crippen LogP) is 2.47. The first-order valence-electron chi connectivity index (χ1n) is 7.53. The van der Waals surface area contributed by atoms with Gasteiger partial charge in [0.05, 0.1) is 12.2 Å². The molecule has 3 heterocycles. The number of likely N-dealkylation sites (N-methyl/N-ethyl adjacent to an activating group) is 1.